The van der Waals surface area contributed by atoms with Crippen molar-refractivity contribution in [1.29, 1.82) is 0 Å². The van der Waals surface area contributed by atoms with E-state index in [-0.39, 0.29) is 11.4 Å². The Morgan fingerprint density at radius 2 is 1.71 bits per heavy atom. The van der Waals surface area contributed by atoms with E-state index in [4.69, 9.17) is 9.15 Å². The predicted octanol–water partition coefficient (Wildman–Crippen LogP) is 7.37. The molecule has 3 heterocycles. The highest BCUT2D eigenvalue weighted by atomic mass is 16.5. The van der Waals surface area contributed by atoms with E-state index in [0.29, 0.717) is 11.5 Å². The lowest BCUT2D eigenvalue weighted by Gasteiger charge is -2.25. The van der Waals surface area contributed by atoms with Crippen molar-refractivity contribution in [2.45, 2.75) is 39.7 Å². The van der Waals surface area contributed by atoms with Gasteiger partial charge in [0.2, 0.25) is 0 Å². The van der Waals surface area contributed by atoms with Gasteiger partial charge >= 0.3 is 6.03 Å². The highest BCUT2D eigenvalue weighted by Gasteiger charge is 2.19. The van der Waals surface area contributed by atoms with Gasteiger partial charge in [-0.3, -0.25) is 10.2 Å². The second-order valence-electron chi connectivity index (χ2n) is 11.8. The van der Waals surface area contributed by atoms with Crippen LogP contribution < -0.4 is 10.6 Å². The number of aryl methyl sites for hydroxylation is 1. The molecule has 0 unspecified atom stereocenters. The van der Waals surface area contributed by atoms with Crippen LogP contribution in [0.5, 0.6) is 0 Å². The number of amides is 2. The van der Waals surface area contributed by atoms with Gasteiger partial charge in [0.1, 0.15) is 17.3 Å². The van der Waals surface area contributed by atoms with E-state index < -0.39 is 0 Å². The summed E-state index contributed by atoms with van der Waals surface area (Å²) in [6.07, 6.45) is 1.69. The first-order chi connectivity index (χ1) is 20.3. The van der Waals surface area contributed by atoms with Crippen LogP contribution >= 0.6 is 0 Å². The van der Waals surface area contributed by atoms with Crippen LogP contribution in [0.3, 0.4) is 0 Å². The largest absolute Gasteiger partial charge is 0.460 e. The number of fused-ring (bicyclic) bond motifs is 1. The number of nitrogens with zero attached hydrogens (tertiary/aromatic N) is 3. The number of anilines is 2. The molecule has 1 aliphatic rings. The SMILES string of the molecule is Cc1ccc(C(C)(C)C)cc1-n1nccc1NC(=O)Nc1ccc(-c2ccc(CN3CCOCC3)o2)c2ccccc12. The van der Waals surface area contributed by atoms with Crippen molar-refractivity contribution < 1.29 is 13.9 Å². The van der Waals surface area contributed by atoms with Crippen molar-refractivity contribution >= 4 is 28.3 Å². The average Bonchev–Trinajstić information content (AvgIpc) is 3.63. The summed E-state index contributed by atoms with van der Waals surface area (Å²) < 4.78 is 13.5. The third-order valence-corrected chi connectivity index (χ3v) is 7.77. The fourth-order valence-corrected chi connectivity index (χ4v) is 5.37. The first kappa shape index (κ1) is 27.8. The van der Waals surface area contributed by atoms with Gasteiger partial charge in [0, 0.05) is 30.1 Å². The maximum Gasteiger partial charge on any atom is 0.324 e. The summed E-state index contributed by atoms with van der Waals surface area (Å²) in [7, 11) is 0. The molecule has 8 heteroatoms. The van der Waals surface area contributed by atoms with Gasteiger partial charge in [-0.2, -0.15) is 5.10 Å². The molecule has 0 bridgehead atoms. The molecule has 1 saturated heterocycles. The van der Waals surface area contributed by atoms with E-state index in [1.165, 1.54) is 5.56 Å². The van der Waals surface area contributed by atoms with E-state index in [9.17, 15) is 4.79 Å². The normalized spacial score (nSPS) is 14.3. The maximum absolute atomic E-state index is 13.3. The topological polar surface area (TPSA) is 84.6 Å². The minimum absolute atomic E-state index is 0.00621. The van der Waals surface area contributed by atoms with Crippen LogP contribution in [0.4, 0.5) is 16.3 Å². The number of benzene rings is 3. The van der Waals surface area contributed by atoms with E-state index in [1.807, 2.05) is 49.4 Å². The molecule has 5 aromatic rings. The molecule has 1 fully saturated rings. The smallest absolute Gasteiger partial charge is 0.324 e. The fraction of sp³-hybridized carbons (Fsp3) is 0.294. The van der Waals surface area contributed by atoms with Crippen molar-refractivity contribution in [2.24, 2.45) is 0 Å². The van der Waals surface area contributed by atoms with Gasteiger partial charge in [0.05, 0.1) is 37.3 Å². The second-order valence-corrected chi connectivity index (χ2v) is 11.8. The quantitative estimate of drug-likeness (QED) is 0.225. The van der Waals surface area contributed by atoms with Gasteiger partial charge in [-0.25, -0.2) is 9.48 Å². The monoisotopic (exact) mass is 563 g/mol. The summed E-state index contributed by atoms with van der Waals surface area (Å²) in [5.74, 6) is 2.32. The summed E-state index contributed by atoms with van der Waals surface area (Å²) in [5, 5.41) is 12.5. The Kier molecular flexibility index (Phi) is 7.58. The summed E-state index contributed by atoms with van der Waals surface area (Å²) in [5.41, 5.74) is 4.89. The van der Waals surface area contributed by atoms with Crippen LogP contribution in [-0.2, 0) is 16.7 Å². The molecule has 216 valence electrons. The lowest BCUT2D eigenvalue weighted by Crippen LogP contribution is -2.35. The minimum Gasteiger partial charge on any atom is -0.460 e. The Morgan fingerprint density at radius 1 is 0.929 bits per heavy atom. The van der Waals surface area contributed by atoms with Gasteiger partial charge < -0.3 is 14.5 Å². The number of rotatable bonds is 6. The first-order valence-electron chi connectivity index (χ1n) is 14.4. The summed E-state index contributed by atoms with van der Waals surface area (Å²) in [6.45, 7) is 12.7. The molecule has 1 aliphatic heterocycles. The number of hydrogen-bond acceptors (Lipinski definition) is 5. The molecule has 0 radical (unpaired) electrons. The Morgan fingerprint density at radius 3 is 2.50 bits per heavy atom. The van der Waals surface area contributed by atoms with Crippen LogP contribution in [-0.4, -0.2) is 47.0 Å². The third-order valence-electron chi connectivity index (χ3n) is 7.77. The summed E-state index contributed by atoms with van der Waals surface area (Å²) in [6, 6.07) is 23.9. The van der Waals surface area contributed by atoms with Crippen LogP contribution in [0.25, 0.3) is 27.8 Å². The summed E-state index contributed by atoms with van der Waals surface area (Å²) >= 11 is 0. The van der Waals surface area contributed by atoms with Crippen LogP contribution in [0.15, 0.2) is 83.4 Å². The molecule has 0 saturated carbocycles. The molecule has 2 amide bonds. The fourth-order valence-electron chi connectivity index (χ4n) is 5.37. The molecule has 8 nitrogen and oxygen atoms in total. The zero-order chi connectivity index (χ0) is 29.3. The molecule has 3 aromatic carbocycles. The Balaban J connectivity index is 1.22. The molecule has 0 spiro atoms. The second kappa shape index (κ2) is 11.5. The van der Waals surface area contributed by atoms with Gasteiger partial charge in [-0.15, -0.1) is 0 Å². The van der Waals surface area contributed by atoms with Crippen LogP contribution in [0, 0.1) is 6.92 Å². The first-order valence-corrected chi connectivity index (χ1v) is 14.4. The highest BCUT2D eigenvalue weighted by Crippen LogP contribution is 2.35. The number of ether oxygens (including phenoxy) is 1. The lowest BCUT2D eigenvalue weighted by molar-refractivity contribution is 0.0314. The number of hydrogen-bond donors (Lipinski definition) is 2. The number of morpholine rings is 1. The van der Waals surface area contributed by atoms with E-state index >= 15 is 0 Å². The van der Waals surface area contributed by atoms with Gasteiger partial charge in [-0.05, 0) is 59.2 Å². The average molecular weight is 564 g/mol. The van der Waals surface area contributed by atoms with Gasteiger partial charge in [0.15, 0.2) is 0 Å². The summed E-state index contributed by atoms with van der Waals surface area (Å²) in [4.78, 5) is 15.6. The zero-order valence-corrected chi connectivity index (χ0v) is 24.6. The zero-order valence-electron chi connectivity index (χ0n) is 24.6. The molecular weight excluding hydrogens is 526 g/mol. The van der Waals surface area contributed by atoms with Gasteiger partial charge in [0.25, 0.3) is 0 Å². The molecular formula is C34H37N5O3. The van der Waals surface area contributed by atoms with Crippen LogP contribution in [0.2, 0.25) is 0 Å². The van der Waals surface area contributed by atoms with Crippen LogP contribution in [0.1, 0.15) is 37.7 Å². The molecule has 6 rings (SSSR count). The van der Waals surface area contributed by atoms with Crippen molar-refractivity contribution in [3.63, 3.8) is 0 Å². The van der Waals surface area contributed by atoms with Crippen molar-refractivity contribution in [1.82, 2.24) is 14.7 Å². The number of carbonyl (C=O) groups excluding carboxylic acids is 1. The Bertz CT molecular complexity index is 1720. The Labute approximate surface area is 246 Å². The van der Waals surface area contributed by atoms with E-state index in [1.54, 1.807) is 16.9 Å². The molecule has 0 atom stereocenters. The molecule has 2 aromatic heterocycles. The maximum atomic E-state index is 13.3. The van der Waals surface area contributed by atoms with Gasteiger partial charge in [-0.1, -0.05) is 57.2 Å². The number of urea groups is 1. The van der Waals surface area contributed by atoms with E-state index in [0.717, 1.165) is 72.0 Å². The third kappa shape index (κ3) is 5.82. The van der Waals surface area contributed by atoms with Crippen molar-refractivity contribution in [3.8, 4) is 17.0 Å². The van der Waals surface area contributed by atoms with E-state index in [2.05, 4.69) is 65.7 Å². The number of furan rings is 1. The van der Waals surface area contributed by atoms with Crippen molar-refractivity contribution in [2.75, 3.05) is 36.9 Å². The number of aromatic nitrogens is 2. The Hall–Kier alpha value is -4.40. The number of nitrogens with one attached hydrogen (secondary N) is 2. The van der Waals surface area contributed by atoms with Crippen molar-refractivity contribution in [3.05, 3.63) is 95.9 Å². The molecule has 0 aliphatic carbocycles. The predicted molar refractivity (Wildman–Crippen MR) is 167 cm³/mol. The molecule has 42 heavy (non-hydrogen) atoms. The number of carbonyl (C=O) groups is 1. The standard InChI is InChI=1S/C34H37N5O3/c1-23-9-10-24(34(2,3)4)21-30(23)39-32(15-16-35-39)37-33(40)36-29-13-12-28(26-7-5-6-8-27(26)29)31-14-11-25(42-31)22-38-17-19-41-20-18-38/h5-16,21H,17-20,22H2,1-4H3,(H2,36,37,40). The lowest BCUT2D eigenvalue weighted by atomic mass is 9.86. The molecule has 2 N–H and O–H groups in total. The highest BCUT2D eigenvalue weighted by molar-refractivity contribution is 6.09. The minimum atomic E-state index is -0.343.